The molecule has 32 heavy (non-hydrogen) atoms. The van der Waals surface area contributed by atoms with Gasteiger partial charge in [0.1, 0.15) is 0 Å². The van der Waals surface area contributed by atoms with E-state index in [-0.39, 0.29) is 0 Å². The molecule has 0 aromatic rings. The Morgan fingerprint density at radius 3 is 1.69 bits per heavy atom. The Bertz CT molecular complexity index is 500. The van der Waals surface area contributed by atoms with Crippen LogP contribution >= 0.6 is 47.6 Å². The highest BCUT2D eigenvalue weighted by atomic mass is 34.1. The highest BCUT2D eigenvalue weighted by Crippen LogP contribution is 3.17. The van der Waals surface area contributed by atoms with E-state index in [1.807, 2.05) is 0 Å². The highest BCUT2D eigenvalue weighted by molar-refractivity contribution is 9.81. The Labute approximate surface area is 218 Å². The van der Waals surface area contributed by atoms with Crippen molar-refractivity contribution in [3.05, 3.63) is 0 Å². The Balaban J connectivity index is 6.76. The van der Waals surface area contributed by atoms with Crippen molar-refractivity contribution in [1.29, 1.82) is 0 Å². The van der Waals surface area contributed by atoms with Crippen molar-refractivity contribution < 1.29 is 0 Å². The Morgan fingerprint density at radius 2 is 1.25 bits per heavy atom. The van der Waals surface area contributed by atoms with Crippen molar-refractivity contribution >= 4 is 47.6 Å². The molecule has 0 nitrogen and oxygen atoms in total. The van der Waals surface area contributed by atoms with Gasteiger partial charge in [-0.2, -0.15) is 0 Å². The van der Waals surface area contributed by atoms with Crippen LogP contribution in [0.3, 0.4) is 0 Å². The summed E-state index contributed by atoms with van der Waals surface area (Å²) < 4.78 is -2.65. The summed E-state index contributed by atoms with van der Waals surface area (Å²) in [5.41, 5.74) is 0. The Hall–Kier alpha value is 1.75. The van der Waals surface area contributed by atoms with Crippen LogP contribution in [-0.4, -0.2) is 34.0 Å². The van der Waals surface area contributed by atoms with Gasteiger partial charge in [0.2, 0.25) is 0 Å². The van der Waals surface area contributed by atoms with Crippen LogP contribution in [0.2, 0.25) is 0 Å². The second kappa shape index (κ2) is 15.1. The maximum atomic E-state index is 2.85. The fourth-order valence-corrected chi connectivity index (χ4v) is 36.8. The molecule has 0 saturated heterocycles. The first kappa shape index (κ1) is 33.8. The largest absolute Gasteiger partial charge is 0.130 e. The fraction of sp³-hybridized carbons (Fsp3) is 1.00. The van der Waals surface area contributed by atoms with Crippen molar-refractivity contribution in [1.82, 2.24) is 0 Å². The quantitative estimate of drug-likeness (QED) is 0.140. The van der Waals surface area contributed by atoms with Gasteiger partial charge in [0.25, 0.3) is 0 Å². The highest BCUT2D eigenvalue weighted by Gasteiger charge is 2.64. The smallest absolute Gasteiger partial charge is 0.0116 e. The molecule has 0 aliphatic heterocycles. The van der Waals surface area contributed by atoms with E-state index >= 15 is 0 Å². The summed E-state index contributed by atoms with van der Waals surface area (Å²) in [5, 5.41) is 1.46. The molecule has 5 atom stereocenters. The van der Waals surface area contributed by atoms with Crippen LogP contribution in [0.15, 0.2) is 0 Å². The third kappa shape index (κ3) is 9.00. The minimum atomic E-state index is -2.65. The third-order valence-corrected chi connectivity index (χ3v) is 38.2. The summed E-state index contributed by atoms with van der Waals surface area (Å²) in [6.45, 7) is 24.7. The number of hydrogen-bond acceptors (Lipinski definition) is 4. The average Bonchev–Trinajstić information content (AvgIpc) is 2.78. The summed E-state index contributed by atoms with van der Waals surface area (Å²) in [6.07, 6.45) is 13.4. The lowest BCUT2D eigenvalue weighted by atomic mass is 9.91. The zero-order valence-corrected chi connectivity index (χ0v) is 27.8. The molecule has 5 unspecified atom stereocenters. The van der Waals surface area contributed by atoms with E-state index in [1.54, 1.807) is 0 Å². The molecule has 5 heteroatoms. The lowest BCUT2D eigenvalue weighted by Crippen LogP contribution is -2.40. The first-order chi connectivity index (χ1) is 14.9. The Morgan fingerprint density at radius 1 is 0.688 bits per heavy atom. The molecule has 0 amide bonds. The number of hydrogen-bond donors (Lipinski definition) is 0. The maximum absolute atomic E-state index is 2.85. The van der Waals surface area contributed by atoms with E-state index in [0.29, 0.717) is 0 Å². The molecule has 0 N–H and O–H groups in total. The minimum Gasteiger partial charge on any atom is -0.130 e. The second-order valence-electron chi connectivity index (χ2n) is 10.5. The van der Waals surface area contributed by atoms with Crippen LogP contribution in [0.5, 0.6) is 0 Å². The lowest BCUT2D eigenvalue weighted by molar-refractivity contribution is 0.374. The van der Waals surface area contributed by atoms with Gasteiger partial charge in [-0.15, -0.1) is 36.8 Å². The summed E-state index contributed by atoms with van der Waals surface area (Å²) in [5.74, 6) is 6.26. The lowest BCUT2D eigenvalue weighted by Gasteiger charge is -2.79. The van der Waals surface area contributed by atoms with E-state index in [0.717, 1.165) is 28.3 Å². The molecule has 0 radical (unpaired) electrons. The molecule has 0 aromatic heterocycles. The van der Waals surface area contributed by atoms with E-state index in [9.17, 15) is 0 Å². The van der Waals surface area contributed by atoms with Crippen molar-refractivity contribution in [3.8, 4) is 0 Å². The molecule has 0 rings (SSSR count). The van der Waals surface area contributed by atoms with Crippen molar-refractivity contribution in [2.45, 2.75) is 131 Å². The van der Waals surface area contributed by atoms with Gasteiger partial charge < -0.3 is 0 Å². The SMILES string of the molecule is CCCCC(C)SS(C)(SCCC)(SCCC)(SCC(C)CCC)C(C)C(C)C(C)CC. The summed E-state index contributed by atoms with van der Waals surface area (Å²) >= 11 is 0. The zero-order chi connectivity index (χ0) is 24.9. The predicted octanol–water partition coefficient (Wildman–Crippen LogP) is 12.0. The van der Waals surface area contributed by atoms with Gasteiger partial charge >= 0.3 is 0 Å². The van der Waals surface area contributed by atoms with Gasteiger partial charge in [-0.05, 0) is 43.3 Å². The molecule has 0 aliphatic carbocycles. The normalized spacial score (nSPS) is 19.6. The molecule has 0 aromatic carbocycles. The monoisotopic (exact) mass is 544 g/mol. The molecule has 0 heterocycles. The second-order valence-corrected chi connectivity index (χ2v) is 36.3. The Kier molecular flexibility index (Phi) is 15.9. The first-order valence-corrected chi connectivity index (χ1v) is 22.5. The van der Waals surface area contributed by atoms with Gasteiger partial charge in [-0.25, -0.2) is 0 Å². The van der Waals surface area contributed by atoms with Crippen LogP contribution in [0.1, 0.15) is 121 Å². The molecular weight excluding hydrogens is 485 g/mol. The van der Waals surface area contributed by atoms with Crippen LogP contribution in [0, 0.1) is 17.8 Å². The van der Waals surface area contributed by atoms with Crippen LogP contribution < -0.4 is 0 Å². The summed E-state index contributed by atoms with van der Waals surface area (Å²) in [4.78, 5) is 0. The summed E-state index contributed by atoms with van der Waals surface area (Å²) in [6, 6.07) is 0. The van der Waals surface area contributed by atoms with Gasteiger partial charge in [0.15, 0.2) is 0 Å². The fourth-order valence-electron chi connectivity index (χ4n) is 4.51. The molecule has 198 valence electrons. The van der Waals surface area contributed by atoms with Crippen LogP contribution in [0.25, 0.3) is 0 Å². The molecule has 0 saturated carbocycles. The van der Waals surface area contributed by atoms with E-state index < -0.39 is 4.42 Å². The molecule has 0 bridgehead atoms. The topological polar surface area (TPSA) is 0 Å². The molecule has 0 spiro atoms. The third-order valence-electron chi connectivity index (χ3n) is 7.36. The van der Waals surface area contributed by atoms with E-state index in [4.69, 9.17) is 0 Å². The van der Waals surface area contributed by atoms with Gasteiger partial charge in [0, 0.05) is 27.8 Å². The predicted molar refractivity (Wildman–Crippen MR) is 170 cm³/mol. The molecule has 0 fully saturated rings. The zero-order valence-electron chi connectivity index (χ0n) is 23.7. The van der Waals surface area contributed by atoms with Crippen LogP contribution in [-0.2, 0) is 0 Å². The molecular formula is C27H60S5. The standard InChI is InChI=1S/C27H60S5/c1-12-17-19-25(8)31-32(11,28-20-14-3,29-21-15-4,30-22-23(6)18-13-2)27(10)26(9)24(7)16-5/h23-27H,12-22H2,1-11H3. The van der Waals surface area contributed by atoms with Crippen molar-refractivity contribution in [2.24, 2.45) is 17.8 Å². The minimum absolute atomic E-state index is 0.728. The van der Waals surface area contributed by atoms with E-state index in [1.165, 1.54) is 68.6 Å². The summed E-state index contributed by atoms with van der Waals surface area (Å²) in [7, 11) is 9.88. The molecule has 0 aliphatic rings. The van der Waals surface area contributed by atoms with Gasteiger partial charge in [-0.3, -0.25) is 0 Å². The number of unbranched alkanes of at least 4 members (excludes halogenated alkanes) is 1. The number of rotatable bonds is 20. The van der Waals surface area contributed by atoms with Crippen molar-refractivity contribution in [3.63, 3.8) is 0 Å². The maximum Gasteiger partial charge on any atom is 0.0116 e. The van der Waals surface area contributed by atoms with Crippen LogP contribution in [0.4, 0.5) is 0 Å². The van der Waals surface area contributed by atoms with Gasteiger partial charge in [0.05, 0.1) is 0 Å². The first-order valence-electron chi connectivity index (χ1n) is 13.6. The van der Waals surface area contributed by atoms with Gasteiger partial charge in [-0.1, -0.05) is 112 Å². The average molecular weight is 545 g/mol. The van der Waals surface area contributed by atoms with E-state index in [2.05, 4.69) is 119 Å². The van der Waals surface area contributed by atoms with Crippen molar-refractivity contribution in [2.75, 3.05) is 23.5 Å².